The number of aliphatic imine (C=N–C) groups is 1. The maximum absolute atomic E-state index is 13.0. The largest absolute Gasteiger partial charge is 0.335 e. The monoisotopic (exact) mass is 382 g/mol. The molecule has 1 N–H and O–H groups in total. The number of nitrogens with zero attached hydrogens (tertiary/aromatic N) is 3. The highest BCUT2D eigenvalue weighted by molar-refractivity contribution is 5.75. The van der Waals surface area contributed by atoms with E-state index in [-0.39, 0.29) is 6.03 Å². The van der Waals surface area contributed by atoms with Crippen LogP contribution in [0.15, 0.2) is 29.3 Å². The Hall–Kier alpha value is -2.14. The molecule has 28 heavy (non-hydrogen) atoms. The van der Waals surface area contributed by atoms with Crippen molar-refractivity contribution in [3.63, 3.8) is 0 Å². The number of carbonyl (C=O) groups is 1. The zero-order chi connectivity index (χ0) is 20.1. The van der Waals surface area contributed by atoms with Gasteiger partial charge in [-0.2, -0.15) is 0 Å². The molecule has 1 aromatic carbocycles. The molecule has 0 saturated carbocycles. The molecular formula is C23H34N4O. The van der Waals surface area contributed by atoms with E-state index in [1.165, 1.54) is 5.56 Å². The molecular weight excluding hydrogens is 348 g/mol. The van der Waals surface area contributed by atoms with Crippen LogP contribution in [0.3, 0.4) is 0 Å². The maximum Gasteiger partial charge on any atom is 0.317 e. The van der Waals surface area contributed by atoms with Crippen molar-refractivity contribution in [3.8, 4) is 0 Å². The number of likely N-dealkylation sites (tertiary alicyclic amines) is 2. The summed E-state index contributed by atoms with van der Waals surface area (Å²) in [6.45, 7) is 11.7. The third-order valence-electron chi connectivity index (χ3n) is 6.05. The molecule has 2 heterocycles. The molecule has 0 radical (unpaired) electrons. The number of nitrogens with one attached hydrogen (secondary N) is 1. The third-order valence-corrected chi connectivity index (χ3v) is 6.05. The summed E-state index contributed by atoms with van der Waals surface area (Å²) in [6, 6.07) is 6.62. The zero-order valence-electron chi connectivity index (χ0n) is 17.5. The average molecular weight is 383 g/mol. The minimum atomic E-state index is 0.0942. The Bertz CT molecular complexity index is 721. The van der Waals surface area contributed by atoms with Gasteiger partial charge in [-0.05, 0) is 70.6 Å². The van der Waals surface area contributed by atoms with Gasteiger partial charge in [0.15, 0.2) is 0 Å². The van der Waals surface area contributed by atoms with Crippen LogP contribution in [-0.2, 0) is 0 Å². The van der Waals surface area contributed by atoms with Crippen molar-refractivity contribution in [2.45, 2.75) is 45.1 Å². The van der Waals surface area contributed by atoms with Gasteiger partial charge in [-0.15, -0.1) is 0 Å². The van der Waals surface area contributed by atoms with E-state index in [1.807, 2.05) is 24.0 Å². The van der Waals surface area contributed by atoms with Crippen LogP contribution < -0.4 is 5.32 Å². The molecule has 3 rings (SSSR count). The first-order valence-corrected chi connectivity index (χ1v) is 10.5. The predicted octanol–water partition coefficient (Wildman–Crippen LogP) is 4.28. The SMILES string of the molecule is C=Nc1cccc([C@H]2C[C@@H](C)CN(C(=O)NC3CCN(C)CC3)C2)c1/C=C\C. The summed E-state index contributed by atoms with van der Waals surface area (Å²) in [6.07, 6.45) is 7.32. The van der Waals surface area contributed by atoms with Gasteiger partial charge in [0.1, 0.15) is 0 Å². The summed E-state index contributed by atoms with van der Waals surface area (Å²) < 4.78 is 0. The average Bonchev–Trinajstić information content (AvgIpc) is 2.69. The van der Waals surface area contributed by atoms with Crippen LogP contribution >= 0.6 is 0 Å². The second-order valence-electron chi connectivity index (χ2n) is 8.41. The molecule has 0 aliphatic carbocycles. The van der Waals surface area contributed by atoms with Gasteiger partial charge in [-0.1, -0.05) is 31.2 Å². The minimum Gasteiger partial charge on any atom is -0.335 e. The van der Waals surface area contributed by atoms with Crippen molar-refractivity contribution in [1.29, 1.82) is 0 Å². The topological polar surface area (TPSA) is 47.9 Å². The quantitative estimate of drug-likeness (QED) is 0.790. The summed E-state index contributed by atoms with van der Waals surface area (Å²) in [4.78, 5) is 21.5. The number of amides is 2. The molecule has 5 heteroatoms. The van der Waals surface area contributed by atoms with E-state index in [0.717, 1.165) is 56.7 Å². The van der Waals surface area contributed by atoms with E-state index in [2.05, 4.69) is 54.1 Å². The first-order chi connectivity index (χ1) is 13.5. The van der Waals surface area contributed by atoms with Crippen molar-refractivity contribution in [3.05, 3.63) is 35.4 Å². The number of hydrogen-bond donors (Lipinski definition) is 1. The molecule has 0 aromatic heterocycles. The Balaban J connectivity index is 1.74. The lowest BCUT2D eigenvalue weighted by atomic mass is 9.83. The van der Waals surface area contributed by atoms with Crippen LogP contribution in [0.1, 0.15) is 50.2 Å². The van der Waals surface area contributed by atoms with Gasteiger partial charge in [-0.25, -0.2) is 4.79 Å². The fourth-order valence-electron chi connectivity index (χ4n) is 4.57. The summed E-state index contributed by atoms with van der Waals surface area (Å²) in [7, 11) is 2.14. The molecule has 152 valence electrons. The van der Waals surface area contributed by atoms with Crippen LogP contribution in [0.2, 0.25) is 0 Å². The molecule has 1 aromatic rings. The van der Waals surface area contributed by atoms with Gasteiger partial charge in [0, 0.05) is 30.6 Å². The summed E-state index contributed by atoms with van der Waals surface area (Å²) >= 11 is 0. The Morgan fingerprint density at radius 2 is 2.04 bits per heavy atom. The van der Waals surface area contributed by atoms with Crippen molar-refractivity contribution in [1.82, 2.24) is 15.1 Å². The molecule has 0 spiro atoms. The molecule has 0 unspecified atom stereocenters. The fraction of sp³-hybridized carbons (Fsp3) is 0.565. The summed E-state index contributed by atoms with van der Waals surface area (Å²) in [5.74, 6) is 0.792. The second-order valence-corrected chi connectivity index (χ2v) is 8.41. The molecule has 2 aliphatic rings. The number of hydrogen-bond acceptors (Lipinski definition) is 3. The van der Waals surface area contributed by atoms with E-state index in [0.29, 0.717) is 17.9 Å². The van der Waals surface area contributed by atoms with Crippen LogP contribution in [0, 0.1) is 5.92 Å². The highest BCUT2D eigenvalue weighted by atomic mass is 16.2. The van der Waals surface area contributed by atoms with Crippen LogP contribution in [0.4, 0.5) is 10.5 Å². The predicted molar refractivity (Wildman–Crippen MR) is 118 cm³/mol. The van der Waals surface area contributed by atoms with Gasteiger partial charge in [-0.3, -0.25) is 4.99 Å². The minimum absolute atomic E-state index is 0.0942. The summed E-state index contributed by atoms with van der Waals surface area (Å²) in [5.41, 5.74) is 3.32. The molecule has 2 fully saturated rings. The Morgan fingerprint density at radius 3 is 2.71 bits per heavy atom. The summed E-state index contributed by atoms with van der Waals surface area (Å²) in [5, 5.41) is 3.28. The molecule has 2 aliphatic heterocycles. The van der Waals surface area contributed by atoms with Crippen molar-refractivity contribution >= 4 is 24.5 Å². The third kappa shape index (κ3) is 4.82. The number of piperidine rings is 2. The van der Waals surface area contributed by atoms with E-state index >= 15 is 0 Å². The Labute approximate surface area is 169 Å². The van der Waals surface area contributed by atoms with Crippen LogP contribution in [-0.4, -0.2) is 61.8 Å². The van der Waals surface area contributed by atoms with Gasteiger partial charge in [0.2, 0.25) is 0 Å². The van der Waals surface area contributed by atoms with Gasteiger partial charge in [0.05, 0.1) is 5.69 Å². The van der Waals surface area contributed by atoms with E-state index < -0.39 is 0 Å². The zero-order valence-corrected chi connectivity index (χ0v) is 17.5. The normalized spacial score (nSPS) is 24.5. The highest BCUT2D eigenvalue weighted by Crippen LogP contribution is 2.36. The first kappa shape index (κ1) is 20.6. The lowest BCUT2D eigenvalue weighted by Gasteiger charge is -2.39. The number of allylic oxidation sites excluding steroid dienone is 1. The molecule has 2 atom stereocenters. The molecule has 0 bridgehead atoms. The Morgan fingerprint density at radius 1 is 1.29 bits per heavy atom. The maximum atomic E-state index is 13.0. The van der Waals surface area contributed by atoms with Crippen molar-refractivity contribution < 1.29 is 4.79 Å². The van der Waals surface area contributed by atoms with Gasteiger partial charge in [0.25, 0.3) is 0 Å². The lowest BCUT2D eigenvalue weighted by Crippen LogP contribution is -2.52. The molecule has 5 nitrogen and oxygen atoms in total. The first-order valence-electron chi connectivity index (χ1n) is 10.5. The number of benzene rings is 1. The van der Waals surface area contributed by atoms with E-state index in [4.69, 9.17) is 0 Å². The number of rotatable bonds is 4. The number of urea groups is 1. The van der Waals surface area contributed by atoms with Crippen LogP contribution in [0.5, 0.6) is 0 Å². The van der Waals surface area contributed by atoms with Crippen molar-refractivity contribution in [2.24, 2.45) is 10.9 Å². The molecule has 2 saturated heterocycles. The van der Waals surface area contributed by atoms with E-state index in [9.17, 15) is 4.79 Å². The fourth-order valence-corrected chi connectivity index (χ4v) is 4.57. The standard InChI is InChI=1S/C23H34N4O/c1-5-7-21-20(8-6-9-22(21)24-3)18-14-17(2)15-27(16-18)23(28)25-19-10-12-26(4)13-11-19/h5-9,17-19H,3,10-16H2,1-2,4H3,(H,25,28)/b7-5-/t17-,18+/m1/s1. The van der Waals surface area contributed by atoms with Crippen molar-refractivity contribution in [2.75, 3.05) is 33.2 Å². The number of carbonyl (C=O) groups excluding carboxylic acids is 1. The lowest BCUT2D eigenvalue weighted by molar-refractivity contribution is 0.150. The molecule has 2 amide bonds. The highest BCUT2D eigenvalue weighted by Gasteiger charge is 2.31. The van der Waals surface area contributed by atoms with Gasteiger partial charge >= 0.3 is 6.03 Å². The smallest absolute Gasteiger partial charge is 0.317 e. The van der Waals surface area contributed by atoms with E-state index in [1.54, 1.807) is 0 Å². The van der Waals surface area contributed by atoms with Crippen LogP contribution in [0.25, 0.3) is 6.08 Å². The van der Waals surface area contributed by atoms with Gasteiger partial charge < -0.3 is 15.1 Å². The Kier molecular flexibility index (Phi) is 6.89. The second kappa shape index (κ2) is 9.37.